The Balaban J connectivity index is 1.49. The number of hydrogen-bond donors (Lipinski definition) is 0. The Morgan fingerprint density at radius 3 is 2.07 bits per heavy atom. The molecule has 0 atom stereocenters. The van der Waals surface area contributed by atoms with Crippen LogP contribution < -0.4 is 4.74 Å². The van der Waals surface area contributed by atoms with E-state index in [0.29, 0.717) is 18.1 Å². The molecule has 3 aromatic rings. The molecule has 0 spiro atoms. The molecule has 146 valence electrons. The second-order valence-electron chi connectivity index (χ2n) is 6.40. The van der Waals surface area contributed by atoms with Crippen LogP contribution in [0, 0.1) is 6.92 Å². The number of ether oxygens (including phenoxy) is 1. The van der Waals surface area contributed by atoms with Gasteiger partial charge < -0.3 is 4.74 Å². The second kappa shape index (κ2) is 9.24. The van der Waals surface area contributed by atoms with E-state index in [2.05, 4.69) is 0 Å². The fourth-order valence-corrected chi connectivity index (χ4v) is 3.58. The van der Waals surface area contributed by atoms with E-state index in [9.17, 15) is 8.42 Å². The number of aryl methyl sites for hydroxylation is 1. The predicted octanol–water partition coefficient (Wildman–Crippen LogP) is 5.18. The third-order valence-corrected chi connectivity index (χ3v) is 5.76. The molecular formula is C22H21ClO4S. The summed E-state index contributed by atoms with van der Waals surface area (Å²) in [5.74, 6) is 0.742. The van der Waals surface area contributed by atoms with Gasteiger partial charge in [0.2, 0.25) is 0 Å². The van der Waals surface area contributed by atoms with E-state index in [1.54, 1.807) is 24.3 Å². The van der Waals surface area contributed by atoms with E-state index in [0.717, 1.165) is 22.4 Å². The van der Waals surface area contributed by atoms with Crippen LogP contribution in [0.25, 0.3) is 0 Å². The second-order valence-corrected chi connectivity index (χ2v) is 8.45. The zero-order chi connectivity index (χ0) is 20.0. The zero-order valence-corrected chi connectivity index (χ0v) is 17.0. The third kappa shape index (κ3) is 5.83. The lowest BCUT2D eigenvalue weighted by atomic mass is 10.1. The van der Waals surface area contributed by atoms with Crippen molar-refractivity contribution in [1.29, 1.82) is 0 Å². The van der Waals surface area contributed by atoms with Crippen molar-refractivity contribution in [2.24, 2.45) is 0 Å². The molecule has 6 heteroatoms. The standard InChI is InChI=1S/C22H21ClO4S/c1-17-2-12-22(13-3-17)28(24,25)27-15-14-18-6-10-21(11-7-18)26-16-19-4-8-20(23)9-5-19/h2-13H,14-16H2,1H3. The molecule has 0 unspecified atom stereocenters. The van der Waals surface area contributed by atoms with Gasteiger partial charge in [-0.3, -0.25) is 4.18 Å². The van der Waals surface area contributed by atoms with Crippen molar-refractivity contribution in [2.75, 3.05) is 6.61 Å². The molecule has 0 radical (unpaired) electrons. The van der Waals surface area contributed by atoms with E-state index in [4.69, 9.17) is 20.5 Å². The van der Waals surface area contributed by atoms with Crippen molar-refractivity contribution in [3.63, 3.8) is 0 Å². The highest BCUT2D eigenvalue weighted by Crippen LogP contribution is 2.17. The van der Waals surface area contributed by atoms with Gasteiger partial charge in [0.15, 0.2) is 0 Å². The van der Waals surface area contributed by atoms with Gasteiger partial charge >= 0.3 is 0 Å². The molecule has 0 saturated carbocycles. The van der Waals surface area contributed by atoms with Crippen molar-refractivity contribution in [2.45, 2.75) is 24.8 Å². The highest BCUT2D eigenvalue weighted by Gasteiger charge is 2.14. The van der Waals surface area contributed by atoms with Gasteiger partial charge in [-0.05, 0) is 60.9 Å². The number of rotatable bonds is 8. The van der Waals surface area contributed by atoms with Crippen LogP contribution in [-0.4, -0.2) is 15.0 Å². The maximum Gasteiger partial charge on any atom is 0.296 e. The summed E-state index contributed by atoms with van der Waals surface area (Å²) in [6.07, 6.45) is 0.489. The summed E-state index contributed by atoms with van der Waals surface area (Å²) < 4.78 is 35.2. The fourth-order valence-electron chi connectivity index (χ4n) is 2.54. The molecule has 0 aromatic heterocycles. The van der Waals surface area contributed by atoms with Crippen LogP contribution in [-0.2, 0) is 27.3 Å². The lowest BCUT2D eigenvalue weighted by Crippen LogP contribution is -2.09. The Bertz CT molecular complexity index is 996. The number of halogens is 1. The topological polar surface area (TPSA) is 52.6 Å². The minimum absolute atomic E-state index is 0.0845. The first kappa shape index (κ1) is 20.4. The Morgan fingerprint density at radius 2 is 1.43 bits per heavy atom. The van der Waals surface area contributed by atoms with Gasteiger partial charge in [0.05, 0.1) is 11.5 Å². The Morgan fingerprint density at radius 1 is 0.821 bits per heavy atom. The normalized spacial score (nSPS) is 11.4. The average molecular weight is 417 g/mol. The number of benzene rings is 3. The maximum atomic E-state index is 12.2. The minimum atomic E-state index is -3.73. The summed E-state index contributed by atoms with van der Waals surface area (Å²) >= 11 is 5.87. The molecule has 0 bridgehead atoms. The first-order valence-corrected chi connectivity index (χ1v) is 10.6. The van der Waals surface area contributed by atoms with E-state index < -0.39 is 10.1 Å². The minimum Gasteiger partial charge on any atom is -0.489 e. The SMILES string of the molecule is Cc1ccc(S(=O)(=O)OCCc2ccc(OCc3ccc(Cl)cc3)cc2)cc1. The summed E-state index contributed by atoms with van der Waals surface area (Å²) in [6.45, 7) is 2.44. The van der Waals surface area contributed by atoms with E-state index in [-0.39, 0.29) is 11.5 Å². The quantitative estimate of drug-likeness (QED) is 0.475. The molecule has 0 N–H and O–H groups in total. The van der Waals surface area contributed by atoms with Gasteiger partial charge in [0, 0.05) is 5.02 Å². The van der Waals surface area contributed by atoms with Gasteiger partial charge in [-0.15, -0.1) is 0 Å². The van der Waals surface area contributed by atoms with Crippen LogP contribution in [0.2, 0.25) is 5.02 Å². The molecule has 0 aliphatic rings. The Hall–Kier alpha value is -2.34. The molecule has 0 fully saturated rings. The van der Waals surface area contributed by atoms with Crippen LogP contribution in [0.15, 0.2) is 77.7 Å². The zero-order valence-electron chi connectivity index (χ0n) is 15.5. The van der Waals surface area contributed by atoms with Crippen LogP contribution in [0.3, 0.4) is 0 Å². The molecular weight excluding hydrogens is 396 g/mol. The third-order valence-electron chi connectivity index (χ3n) is 4.18. The van der Waals surface area contributed by atoms with Crippen molar-refractivity contribution in [1.82, 2.24) is 0 Å². The molecule has 0 aliphatic carbocycles. The molecule has 0 aliphatic heterocycles. The van der Waals surface area contributed by atoms with Crippen molar-refractivity contribution < 1.29 is 17.3 Å². The van der Waals surface area contributed by atoms with Crippen LogP contribution in [0.1, 0.15) is 16.7 Å². The summed E-state index contributed by atoms with van der Waals surface area (Å²) in [5, 5.41) is 0.694. The number of hydrogen-bond acceptors (Lipinski definition) is 4. The predicted molar refractivity (Wildman–Crippen MR) is 110 cm³/mol. The molecule has 0 saturated heterocycles. The van der Waals surface area contributed by atoms with E-state index in [1.165, 1.54) is 0 Å². The smallest absolute Gasteiger partial charge is 0.296 e. The Labute approximate surface area is 170 Å². The largest absolute Gasteiger partial charge is 0.489 e. The highest BCUT2D eigenvalue weighted by atomic mass is 35.5. The van der Waals surface area contributed by atoms with Crippen LogP contribution in [0.5, 0.6) is 5.75 Å². The molecule has 3 aromatic carbocycles. The first-order valence-electron chi connectivity index (χ1n) is 8.85. The van der Waals surface area contributed by atoms with Gasteiger partial charge in [0.25, 0.3) is 10.1 Å². The monoisotopic (exact) mass is 416 g/mol. The summed E-state index contributed by atoms with van der Waals surface area (Å²) in [7, 11) is -3.73. The first-order chi connectivity index (χ1) is 13.4. The molecule has 0 amide bonds. The summed E-state index contributed by atoms with van der Waals surface area (Å²) in [5.41, 5.74) is 3.00. The van der Waals surface area contributed by atoms with Gasteiger partial charge in [-0.2, -0.15) is 8.42 Å². The van der Waals surface area contributed by atoms with Gasteiger partial charge in [0.1, 0.15) is 12.4 Å². The molecule has 4 nitrogen and oxygen atoms in total. The Kier molecular flexibility index (Phi) is 6.73. The lowest BCUT2D eigenvalue weighted by Gasteiger charge is -2.08. The highest BCUT2D eigenvalue weighted by molar-refractivity contribution is 7.86. The summed E-state index contributed by atoms with van der Waals surface area (Å²) in [4.78, 5) is 0.170. The maximum absolute atomic E-state index is 12.2. The lowest BCUT2D eigenvalue weighted by molar-refractivity contribution is 0.305. The van der Waals surface area contributed by atoms with Crippen molar-refractivity contribution in [3.05, 3.63) is 94.5 Å². The fraction of sp³-hybridized carbons (Fsp3) is 0.182. The average Bonchev–Trinajstić information content (AvgIpc) is 2.69. The van der Waals surface area contributed by atoms with E-state index in [1.807, 2.05) is 55.5 Å². The van der Waals surface area contributed by atoms with Crippen molar-refractivity contribution in [3.8, 4) is 5.75 Å². The summed E-state index contributed by atoms with van der Waals surface area (Å²) in [6, 6.07) is 21.6. The van der Waals surface area contributed by atoms with Crippen molar-refractivity contribution >= 4 is 21.7 Å². The molecule has 3 rings (SSSR count). The van der Waals surface area contributed by atoms with Gasteiger partial charge in [-0.25, -0.2) is 0 Å². The molecule has 0 heterocycles. The van der Waals surface area contributed by atoms with E-state index >= 15 is 0 Å². The van der Waals surface area contributed by atoms with Crippen LogP contribution in [0.4, 0.5) is 0 Å². The van der Waals surface area contributed by atoms with Crippen LogP contribution >= 0.6 is 11.6 Å². The van der Waals surface area contributed by atoms with Gasteiger partial charge in [-0.1, -0.05) is 53.6 Å². The molecule has 28 heavy (non-hydrogen) atoms.